The van der Waals surface area contributed by atoms with Crippen LogP contribution in [0.1, 0.15) is 5.69 Å². The summed E-state index contributed by atoms with van der Waals surface area (Å²) in [6.07, 6.45) is 1.17. The number of sulfonamides is 1. The molecule has 0 fully saturated rings. The molecule has 7 heteroatoms. The Morgan fingerprint density at radius 2 is 1.95 bits per heavy atom. The van der Waals surface area contributed by atoms with E-state index in [-0.39, 0.29) is 10.6 Å². The molecule has 0 spiro atoms. The van der Waals surface area contributed by atoms with Gasteiger partial charge in [-0.2, -0.15) is 5.26 Å². The lowest BCUT2D eigenvalue weighted by atomic mass is 10.3. The van der Waals surface area contributed by atoms with Crippen molar-refractivity contribution in [3.8, 4) is 11.8 Å². The van der Waals surface area contributed by atoms with Gasteiger partial charge in [-0.15, -0.1) is 0 Å². The molecule has 1 aromatic carbocycles. The lowest BCUT2D eigenvalue weighted by Crippen LogP contribution is -2.27. The van der Waals surface area contributed by atoms with Crippen molar-refractivity contribution in [3.05, 3.63) is 48.3 Å². The van der Waals surface area contributed by atoms with Gasteiger partial charge in [-0.1, -0.05) is 12.1 Å². The standard InChI is InChI=1S/C14H13N3O3S/c1-17(13-5-3-4-6-14(13)20-2)21(18,19)12-8-7-11(9-15)16-10-12/h3-8,10H,1-2H3. The van der Waals surface area contributed by atoms with Gasteiger partial charge < -0.3 is 4.74 Å². The number of aromatic nitrogens is 1. The highest BCUT2D eigenvalue weighted by Crippen LogP contribution is 2.30. The molecule has 1 aromatic heterocycles. The molecule has 0 radical (unpaired) electrons. The van der Waals surface area contributed by atoms with Crippen molar-refractivity contribution in [1.82, 2.24) is 4.98 Å². The number of nitrogens with zero attached hydrogens (tertiary/aromatic N) is 3. The number of hydrogen-bond donors (Lipinski definition) is 0. The third-order valence-corrected chi connectivity index (χ3v) is 4.69. The average Bonchev–Trinajstić information content (AvgIpc) is 2.54. The van der Waals surface area contributed by atoms with Crippen molar-refractivity contribution in [2.75, 3.05) is 18.5 Å². The SMILES string of the molecule is COc1ccccc1N(C)S(=O)(=O)c1ccc(C#N)nc1. The molecule has 0 bridgehead atoms. The molecular formula is C14H13N3O3S. The third kappa shape index (κ3) is 2.80. The summed E-state index contributed by atoms with van der Waals surface area (Å²) in [4.78, 5) is 3.79. The summed E-state index contributed by atoms with van der Waals surface area (Å²) in [6.45, 7) is 0. The second-order valence-corrected chi connectivity index (χ2v) is 6.10. The molecule has 2 aromatic rings. The number of hydrogen-bond acceptors (Lipinski definition) is 5. The topological polar surface area (TPSA) is 83.3 Å². The van der Waals surface area contributed by atoms with Gasteiger partial charge in [0.15, 0.2) is 0 Å². The monoisotopic (exact) mass is 303 g/mol. The number of anilines is 1. The highest BCUT2D eigenvalue weighted by atomic mass is 32.2. The van der Waals surface area contributed by atoms with E-state index in [2.05, 4.69) is 4.98 Å². The van der Waals surface area contributed by atoms with Gasteiger partial charge in [0.25, 0.3) is 10.0 Å². The van der Waals surface area contributed by atoms with E-state index in [4.69, 9.17) is 10.00 Å². The molecular weight excluding hydrogens is 290 g/mol. The van der Waals surface area contributed by atoms with Crippen LogP contribution in [-0.4, -0.2) is 27.6 Å². The normalized spacial score (nSPS) is 10.7. The van der Waals surface area contributed by atoms with E-state index in [1.54, 1.807) is 24.3 Å². The molecule has 0 aliphatic rings. The third-order valence-electron chi connectivity index (χ3n) is 2.93. The van der Waals surface area contributed by atoms with Gasteiger partial charge in [-0.3, -0.25) is 4.31 Å². The minimum Gasteiger partial charge on any atom is -0.495 e. The largest absolute Gasteiger partial charge is 0.495 e. The second kappa shape index (κ2) is 5.81. The minimum atomic E-state index is -3.77. The van der Waals surface area contributed by atoms with E-state index >= 15 is 0 Å². The van der Waals surface area contributed by atoms with Crippen molar-refractivity contribution < 1.29 is 13.2 Å². The molecule has 0 aliphatic heterocycles. The molecule has 0 N–H and O–H groups in total. The van der Waals surface area contributed by atoms with Crippen LogP contribution in [-0.2, 0) is 10.0 Å². The van der Waals surface area contributed by atoms with Gasteiger partial charge in [0.05, 0.1) is 12.8 Å². The van der Waals surface area contributed by atoms with Crippen LogP contribution in [0, 0.1) is 11.3 Å². The maximum atomic E-state index is 12.5. The van der Waals surface area contributed by atoms with Gasteiger partial charge in [-0.25, -0.2) is 13.4 Å². The second-order valence-electron chi connectivity index (χ2n) is 4.14. The highest BCUT2D eigenvalue weighted by Gasteiger charge is 2.23. The predicted octanol–water partition coefficient (Wildman–Crippen LogP) is 1.79. The summed E-state index contributed by atoms with van der Waals surface area (Å²) < 4.78 is 31.4. The number of ether oxygens (including phenoxy) is 1. The Bertz CT molecular complexity index is 780. The first kappa shape index (κ1) is 14.8. The van der Waals surface area contributed by atoms with Gasteiger partial charge in [0.2, 0.25) is 0 Å². The first-order valence-electron chi connectivity index (χ1n) is 5.99. The van der Waals surface area contributed by atoms with Crippen LogP contribution in [0.3, 0.4) is 0 Å². The number of benzene rings is 1. The van der Waals surface area contributed by atoms with E-state index in [0.29, 0.717) is 11.4 Å². The molecule has 6 nitrogen and oxygen atoms in total. The van der Waals surface area contributed by atoms with E-state index < -0.39 is 10.0 Å². The van der Waals surface area contributed by atoms with Crippen molar-refractivity contribution >= 4 is 15.7 Å². The van der Waals surface area contributed by atoms with Crippen LogP contribution >= 0.6 is 0 Å². The van der Waals surface area contributed by atoms with Crippen LogP contribution in [0.2, 0.25) is 0 Å². The van der Waals surface area contributed by atoms with Crippen molar-refractivity contribution in [2.45, 2.75) is 4.90 Å². The first-order chi connectivity index (χ1) is 10.0. The van der Waals surface area contributed by atoms with Crippen molar-refractivity contribution in [1.29, 1.82) is 5.26 Å². The summed E-state index contributed by atoms with van der Waals surface area (Å²) in [5, 5.41) is 8.70. The summed E-state index contributed by atoms with van der Waals surface area (Å²) in [5.74, 6) is 0.449. The summed E-state index contributed by atoms with van der Waals surface area (Å²) in [6, 6.07) is 11.4. The molecule has 0 saturated heterocycles. The highest BCUT2D eigenvalue weighted by molar-refractivity contribution is 7.92. The fourth-order valence-electron chi connectivity index (χ4n) is 1.78. The van der Waals surface area contributed by atoms with Crippen LogP contribution in [0.25, 0.3) is 0 Å². The molecule has 0 amide bonds. The number of pyridine rings is 1. The van der Waals surface area contributed by atoms with Crippen LogP contribution in [0.4, 0.5) is 5.69 Å². The average molecular weight is 303 g/mol. The quantitative estimate of drug-likeness (QED) is 0.859. The Labute approximate surface area is 123 Å². The molecule has 0 aliphatic carbocycles. The van der Waals surface area contributed by atoms with Crippen molar-refractivity contribution in [3.63, 3.8) is 0 Å². The predicted molar refractivity (Wildman–Crippen MR) is 77.5 cm³/mol. The van der Waals surface area contributed by atoms with Gasteiger partial charge in [0.1, 0.15) is 22.4 Å². The number of para-hydroxylation sites is 2. The smallest absolute Gasteiger partial charge is 0.265 e. The van der Waals surface area contributed by atoms with E-state index in [1.807, 2.05) is 6.07 Å². The Morgan fingerprint density at radius 1 is 1.24 bits per heavy atom. The molecule has 21 heavy (non-hydrogen) atoms. The zero-order chi connectivity index (χ0) is 15.5. The van der Waals surface area contributed by atoms with E-state index in [1.165, 1.54) is 32.5 Å². The van der Waals surface area contributed by atoms with Crippen LogP contribution in [0.15, 0.2) is 47.5 Å². The molecule has 1 heterocycles. The Hall–Kier alpha value is -2.59. The molecule has 0 saturated carbocycles. The lowest BCUT2D eigenvalue weighted by molar-refractivity contribution is 0.416. The summed E-state index contributed by atoms with van der Waals surface area (Å²) in [7, 11) is -0.858. The number of nitriles is 1. The van der Waals surface area contributed by atoms with Crippen molar-refractivity contribution in [2.24, 2.45) is 0 Å². The van der Waals surface area contributed by atoms with E-state index in [9.17, 15) is 8.42 Å². The van der Waals surface area contributed by atoms with E-state index in [0.717, 1.165) is 4.31 Å². The summed E-state index contributed by atoms with van der Waals surface area (Å²) in [5.41, 5.74) is 0.582. The molecule has 0 atom stereocenters. The fourth-order valence-corrected chi connectivity index (χ4v) is 2.93. The van der Waals surface area contributed by atoms with Gasteiger partial charge >= 0.3 is 0 Å². The maximum absolute atomic E-state index is 12.5. The van der Waals surface area contributed by atoms with Gasteiger partial charge in [0, 0.05) is 13.2 Å². The first-order valence-corrected chi connectivity index (χ1v) is 7.43. The minimum absolute atomic E-state index is 0.00917. The number of rotatable bonds is 4. The lowest BCUT2D eigenvalue weighted by Gasteiger charge is -2.21. The molecule has 108 valence electrons. The Balaban J connectivity index is 2.45. The maximum Gasteiger partial charge on any atom is 0.265 e. The fraction of sp³-hybridized carbons (Fsp3) is 0.143. The molecule has 0 unspecified atom stereocenters. The molecule has 2 rings (SSSR count). The Kier molecular flexibility index (Phi) is 4.10. The number of methoxy groups -OCH3 is 1. The van der Waals surface area contributed by atoms with Crippen LogP contribution in [0.5, 0.6) is 5.75 Å². The zero-order valence-electron chi connectivity index (χ0n) is 11.5. The zero-order valence-corrected chi connectivity index (χ0v) is 12.3. The van der Waals surface area contributed by atoms with Gasteiger partial charge in [-0.05, 0) is 24.3 Å². The Morgan fingerprint density at radius 3 is 2.52 bits per heavy atom. The summed E-state index contributed by atoms with van der Waals surface area (Å²) >= 11 is 0. The van der Waals surface area contributed by atoms with Crippen LogP contribution < -0.4 is 9.04 Å².